The highest BCUT2D eigenvalue weighted by atomic mass is 35.5. The number of halogens is 2. The lowest BCUT2D eigenvalue weighted by Gasteiger charge is -2.09. The minimum absolute atomic E-state index is 0.452. The molecule has 0 amide bonds. The van der Waals surface area contributed by atoms with Crippen LogP contribution in [-0.4, -0.2) is 32.9 Å². The fraction of sp³-hybridized carbons (Fsp3) is 0.235. The first-order valence-electron chi connectivity index (χ1n) is 7.84. The molecule has 1 N–H and O–H groups in total. The van der Waals surface area contributed by atoms with E-state index >= 15 is 0 Å². The molecule has 0 atom stereocenters. The van der Waals surface area contributed by atoms with E-state index in [4.69, 9.17) is 27.9 Å². The van der Waals surface area contributed by atoms with Crippen molar-refractivity contribution in [1.82, 2.24) is 19.7 Å². The minimum atomic E-state index is 0.452. The van der Waals surface area contributed by atoms with Gasteiger partial charge in [-0.05, 0) is 30.7 Å². The highest BCUT2D eigenvalue weighted by Crippen LogP contribution is 2.22. The first-order chi connectivity index (χ1) is 12.2. The van der Waals surface area contributed by atoms with Crippen LogP contribution in [0.4, 0.5) is 5.82 Å². The van der Waals surface area contributed by atoms with Crippen LogP contribution >= 0.6 is 23.2 Å². The number of nitrogens with one attached hydrogen (secondary N) is 1. The molecule has 2 aromatic heterocycles. The van der Waals surface area contributed by atoms with Crippen molar-refractivity contribution in [2.75, 3.05) is 18.5 Å². The van der Waals surface area contributed by atoms with Gasteiger partial charge in [0, 0.05) is 5.02 Å². The lowest BCUT2D eigenvalue weighted by Crippen LogP contribution is -2.13. The first-order valence-corrected chi connectivity index (χ1v) is 8.59. The first kappa shape index (κ1) is 17.5. The smallest absolute Gasteiger partial charge is 0.157 e. The maximum Gasteiger partial charge on any atom is 0.157 e. The Morgan fingerprint density at radius 2 is 1.96 bits per heavy atom. The summed E-state index contributed by atoms with van der Waals surface area (Å²) in [6.07, 6.45) is 5.75. The molecule has 0 aliphatic rings. The number of aryl methyl sites for hydroxylation is 1. The molecule has 0 spiro atoms. The van der Waals surface area contributed by atoms with Gasteiger partial charge < -0.3 is 10.1 Å². The Hall–Kier alpha value is -2.31. The second-order valence-electron chi connectivity index (χ2n) is 5.21. The van der Waals surface area contributed by atoms with Crippen LogP contribution in [0.5, 0.6) is 5.75 Å². The average Bonchev–Trinajstić information content (AvgIpc) is 3.09. The van der Waals surface area contributed by atoms with Crippen LogP contribution in [0.25, 0.3) is 5.69 Å². The van der Waals surface area contributed by atoms with E-state index in [-0.39, 0.29) is 0 Å². The molecule has 6 nitrogen and oxygen atoms in total. The lowest BCUT2D eigenvalue weighted by atomic mass is 10.3. The SMILES string of the molecule is CCc1ncnc(NCCOc2cnn(-c3ccc(Cl)cc3)c2)c1Cl. The largest absolute Gasteiger partial charge is 0.488 e. The molecule has 0 fully saturated rings. The number of nitrogens with zero attached hydrogens (tertiary/aromatic N) is 4. The van der Waals surface area contributed by atoms with Crippen LogP contribution in [0, 0.1) is 0 Å². The monoisotopic (exact) mass is 377 g/mol. The Morgan fingerprint density at radius 1 is 1.16 bits per heavy atom. The third-order valence-electron chi connectivity index (χ3n) is 3.51. The maximum absolute atomic E-state index is 6.24. The van der Waals surface area contributed by atoms with E-state index in [2.05, 4.69) is 20.4 Å². The van der Waals surface area contributed by atoms with Crippen LogP contribution in [-0.2, 0) is 6.42 Å². The van der Waals surface area contributed by atoms with Crippen molar-refractivity contribution in [2.24, 2.45) is 0 Å². The third-order valence-corrected chi connectivity index (χ3v) is 4.16. The van der Waals surface area contributed by atoms with Gasteiger partial charge in [0.1, 0.15) is 23.8 Å². The zero-order valence-corrected chi connectivity index (χ0v) is 15.1. The van der Waals surface area contributed by atoms with Crippen LogP contribution < -0.4 is 10.1 Å². The molecule has 8 heteroatoms. The number of hydrogen-bond donors (Lipinski definition) is 1. The van der Waals surface area contributed by atoms with Crippen LogP contribution in [0.1, 0.15) is 12.6 Å². The molecule has 3 rings (SSSR count). The van der Waals surface area contributed by atoms with Gasteiger partial charge >= 0.3 is 0 Å². The van der Waals surface area contributed by atoms with Crippen molar-refractivity contribution >= 4 is 29.0 Å². The molecule has 1 aromatic carbocycles. The van der Waals surface area contributed by atoms with Gasteiger partial charge in [0.15, 0.2) is 5.75 Å². The van der Waals surface area contributed by atoms with Gasteiger partial charge in [-0.25, -0.2) is 14.6 Å². The van der Waals surface area contributed by atoms with Gasteiger partial charge in [0.05, 0.1) is 30.3 Å². The molecule has 130 valence electrons. The Labute approximate surface area is 155 Å². The van der Waals surface area contributed by atoms with Crippen LogP contribution in [0.2, 0.25) is 10.0 Å². The number of benzene rings is 1. The number of rotatable bonds is 7. The van der Waals surface area contributed by atoms with Gasteiger partial charge in [-0.1, -0.05) is 30.1 Å². The molecular weight excluding hydrogens is 361 g/mol. The summed E-state index contributed by atoms with van der Waals surface area (Å²) in [6, 6.07) is 7.42. The minimum Gasteiger partial charge on any atom is -0.488 e. The van der Waals surface area contributed by atoms with E-state index in [1.165, 1.54) is 6.33 Å². The van der Waals surface area contributed by atoms with E-state index in [9.17, 15) is 0 Å². The van der Waals surface area contributed by atoms with Gasteiger partial charge in [-0.3, -0.25) is 0 Å². The summed E-state index contributed by atoms with van der Waals surface area (Å²) in [4.78, 5) is 8.28. The predicted octanol–water partition coefficient (Wildman–Crippen LogP) is 4.02. The highest BCUT2D eigenvalue weighted by Gasteiger charge is 2.07. The van der Waals surface area contributed by atoms with E-state index in [1.54, 1.807) is 10.9 Å². The molecule has 2 heterocycles. The summed E-state index contributed by atoms with van der Waals surface area (Å²) >= 11 is 12.1. The van der Waals surface area contributed by atoms with Crippen LogP contribution in [0.3, 0.4) is 0 Å². The third kappa shape index (κ3) is 4.41. The highest BCUT2D eigenvalue weighted by molar-refractivity contribution is 6.33. The fourth-order valence-corrected chi connectivity index (χ4v) is 2.65. The summed E-state index contributed by atoms with van der Waals surface area (Å²) in [7, 11) is 0. The van der Waals surface area contributed by atoms with E-state index in [0.29, 0.717) is 34.8 Å². The molecule has 0 unspecified atom stereocenters. The van der Waals surface area contributed by atoms with Gasteiger partial charge in [-0.2, -0.15) is 5.10 Å². The fourth-order valence-electron chi connectivity index (χ4n) is 2.23. The molecular formula is C17H17Cl2N5O. The van der Waals surface area contributed by atoms with E-state index in [1.807, 2.05) is 37.4 Å². The Morgan fingerprint density at radius 3 is 2.72 bits per heavy atom. The van der Waals surface area contributed by atoms with Crippen LogP contribution in [0.15, 0.2) is 43.0 Å². The zero-order chi connectivity index (χ0) is 17.6. The quantitative estimate of drug-likeness (QED) is 0.629. The van der Waals surface area contributed by atoms with E-state index in [0.717, 1.165) is 17.8 Å². The van der Waals surface area contributed by atoms with Crippen molar-refractivity contribution < 1.29 is 4.74 Å². The summed E-state index contributed by atoms with van der Waals surface area (Å²) in [5, 5.41) is 8.67. The molecule has 0 radical (unpaired) electrons. The lowest BCUT2D eigenvalue weighted by molar-refractivity contribution is 0.332. The average molecular weight is 378 g/mol. The molecule has 0 saturated carbocycles. The molecule has 25 heavy (non-hydrogen) atoms. The molecule has 0 aliphatic heterocycles. The van der Waals surface area contributed by atoms with Crippen molar-refractivity contribution in [3.8, 4) is 11.4 Å². The Kier molecular flexibility index (Phi) is 5.73. The number of aromatic nitrogens is 4. The Bertz CT molecular complexity index is 835. The molecule has 0 aliphatic carbocycles. The normalized spacial score (nSPS) is 10.7. The summed E-state index contributed by atoms with van der Waals surface area (Å²) in [5.74, 6) is 1.30. The second-order valence-corrected chi connectivity index (χ2v) is 6.02. The number of ether oxygens (including phenoxy) is 1. The summed E-state index contributed by atoms with van der Waals surface area (Å²) in [5.41, 5.74) is 1.74. The topological polar surface area (TPSA) is 64.9 Å². The van der Waals surface area contributed by atoms with Crippen molar-refractivity contribution in [2.45, 2.75) is 13.3 Å². The maximum atomic E-state index is 6.24. The van der Waals surface area contributed by atoms with Gasteiger partial charge in [-0.15, -0.1) is 0 Å². The zero-order valence-electron chi connectivity index (χ0n) is 13.6. The molecule has 3 aromatic rings. The summed E-state index contributed by atoms with van der Waals surface area (Å²) < 4.78 is 7.42. The Balaban J connectivity index is 1.52. The van der Waals surface area contributed by atoms with Gasteiger partial charge in [0.25, 0.3) is 0 Å². The van der Waals surface area contributed by atoms with Crippen molar-refractivity contribution in [3.63, 3.8) is 0 Å². The van der Waals surface area contributed by atoms with Gasteiger partial charge in [0.2, 0.25) is 0 Å². The molecule has 0 bridgehead atoms. The standard InChI is InChI=1S/C17H17Cl2N5O/c1-2-15-16(19)17(22-11-21-15)20-7-8-25-14-9-23-24(10-14)13-5-3-12(18)4-6-13/h3-6,9-11H,2,7-8H2,1H3,(H,20,21,22). The number of hydrogen-bond acceptors (Lipinski definition) is 5. The molecule has 0 saturated heterocycles. The predicted molar refractivity (Wildman–Crippen MR) is 99.0 cm³/mol. The number of anilines is 1. The van der Waals surface area contributed by atoms with E-state index < -0.39 is 0 Å². The second kappa shape index (κ2) is 8.18. The van der Waals surface area contributed by atoms with Crippen molar-refractivity contribution in [1.29, 1.82) is 0 Å². The van der Waals surface area contributed by atoms with Crippen molar-refractivity contribution in [3.05, 3.63) is 58.7 Å². The summed E-state index contributed by atoms with van der Waals surface area (Å²) in [6.45, 7) is 3.01.